The zero-order valence-electron chi connectivity index (χ0n) is 9.21. The van der Waals surface area contributed by atoms with Gasteiger partial charge >= 0.3 is 0 Å². The maximum atomic E-state index is 11.7. The maximum absolute atomic E-state index is 11.7. The fraction of sp³-hybridized carbons (Fsp3) is 0.636. The SMILES string of the molecule is CCCc1c(N)nc(C2CC2C)[nH]c1=O. The van der Waals surface area contributed by atoms with Crippen LogP contribution in [0.4, 0.5) is 5.82 Å². The molecule has 0 saturated heterocycles. The van der Waals surface area contributed by atoms with Gasteiger partial charge in [0.05, 0.1) is 5.56 Å². The minimum atomic E-state index is -0.0570. The van der Waals surface area contributed by atoms with Crippen molar-refractivity contribution in [2.45, 2.75) is 39.0 Å². The van der Waals surface area contributed by atoms with E-state index >= 15 is 0 Å². The Morgan fingerprint density at radius 3 is 2.73 bits per heavy atom. The molecule has 0 radical (unpaired) electrons. The van der Waals surface area contributed by atoms with E-state index < -0.39 is 0 Å². The van der Waals surface area contributed by atoms with E-state index in [0.717, 1.165) is 18.7 Å². The van der Waals surface area contributed by atoms with E-state index in [2.05, 4.69) is 16.9 Å². The minimum absolute atomic E-state index is 0.0570. The topological polar surface area (TPSA) is 71.8 Å². The maximum Gasteiger partial charge on any atom is 0.256 e. The molecule has 1 aromatic heterocycles. The number of aromatic nitrogens is 2. The Bertz CT molecular complexity index is 424. The number of nitrogens with two attached hydrogens (primary N) is 1. The first kappa shape index (κ1) is 10.2. The number of rotatable bonds is 3. The largest absolute Gasteiger partial charge is 0.383 e. The van der Waals surface area contributed by atoms with Crippen LogP contribution in [0.1, 0.15) is 44.0 Å². The molecule has 2 rings (SSSR count). The van der Waals surface area contributed by atoms with Gasteiger partial charge in [0.1, 0.15) is 11.6 Å². The molecule has 1 heterocycles. The summed E-state index contributed by atoms with van der Waals surface area (Å²) < 4.78 is 0. The number of hydrogen-bond acceptors (Lipinski definition) is 3. The lowest BCUT2D eigenvalue weighted by Gasteiger charge is -2.05. The van der Waals surface area contributed by atoms with Crippen molar-refractivity contribution in [2.75, 3.05) is 5.73 Å². The second-order valence-corrected chi connectivity index (χ2v) is 4.38. The van der Waals surface area contributed by atoms with Crippen LogP contribution in [0.2, 0.25) is 0 Å². The second kappa shape index (κ2) is 3.68. The fourth-order valence-electron chi connectivity index (χ4n) is 1.90. The van der Waals surface area contributed by atoms with E-state index in [0.29, 0.717) is 29.6 Å². The van der Waals surface area contributed by atoms with Gasteiger partial charge in [-0.15, -0.1) is 0 Å². The van der Waals surface area contributed by atoms with E-state index in [4.69, 9.17) is 5.73 Å². The van der Waals surface area contributed by atoms with Crippen LogP contribution in [-0.4, -0.2) is 9.97 Å². The van der Waals surface area contributed by atoms with Gasteiger partial charge in [0.25, 0.3) is 5.56 Å². The summed E-state index contributed by atoms with van der Waals surface area (Å²) in [4.78, 5) is 18.8. The van der Waals surface area contributed by atoms with E-state index in [9.17, 15) is 4.79 Å². The summed E-state index contributed by atoms with van der Waals surface area (Å²) in [5.41, 5.74) is 6.37. The number of nitrogens with zero attached hydrogens (tertiary/aromatic N) is 1. The molecule has 1 fully saturated rings. The summed E-state index contributed by atoms with van der Waals surface area (Å²) in [5.74, 6) is 2.22. The molecule has 0 amide bonds. The van der Waals surface area contributed by atoms with Gasteiger partial charge in [-0.2, -0.15) is 0 Å². The highest BCUT2D eigenvalue weighted by Gasteiger charge is 2.36. The zero-order valence-corrected chi connectivity index (χ0v) is 9.21. The Morgan fingerprint density at radius 1 is 1.60 bits per heavy atom. The van der Waals surface area contributed by atoms with Crippen molar-refractivity contribution in [2.24, 2.45) is 5.92 Å². The van der Waals surface area contributed by atoms with Gasteiger partial charge in [0, 0.05) is 5.92 Å². The molecular formula is C11H17N3O. The zero-order chi connectivity index (χ0) is 11.0. The molecule has 0 aliphatic heterocycles. The van der Waals surface area contributed by atoms with E-state index in [1.165, 1.54) is 0 Å². The molecule has 82 valence electrons. The van der Waals surface area contributed by atoms with E-state index in [1.54, 1.807) is 0 Å². The van der Waals surface area contributed by atoms with Gasteiger partial charge in [0.15, 0.2) is 0 Å². The molecule has 0 bridgehead atoms. The van der Waals surface area contributed by atoms with Crippen molar-refractivity contribution < 1.29 is 0 Å². The monoisotopic (exact) mass is 207 g/mol. The lowest BCUT2D eigenvalue weighted by molar-refractivity contribution is 0.813. The number of nitrogen functional groups attached to an aromatic ring is 1. The average molecular weight is 207 g/mol. The van der Waals surface area contributed by atoms with Crippen LogP contribution in [0, 0.1) is 5.92 Å². The van der Waals surface area contributed by atoms with E-state index in [1.807, 2.05) is 6.92 Å². The summed E-state index contributed by atoms with van der Waals surface area (Å²) in [6, 6.07) is 0. The van der Waals surface area contributed by atoms with Crippen molar-refractivity contribution in [3.63, 3.8) is 0 Å². The van der Waals surface area contributed by atoms with Gasteiger partial charge < -0.3 is 10.7 Å². The molecule has 2 unspecified atom stereocenters. The van der Waals surface area contributed by atoms with Crippen molar-refractivity contribution in [3.8, 4) is 0 Å². The van der Waals surface area contributed by atoms with Crippen LogP contribution in [0.25, 0.3) is 0 Å². The predicted molar refractivity (Wildman–Crippen MR) is 59.8 cm³/mol. The third-order valence-corrected chi connectivity index (χ3v) is 3.03. The van der Waals surface area contributed by atoms with Gasteiger partial charge in [-0.05, 0) is 18.8 Å². The lowest BCUT2D eigenvalue weighted by atomic mass is 10.2. The highest BCUT2D eigenvalue weighted by atomic mass is 16.1. The van der Waals surface area contributed by atoms with Crippen molar-refractivity contribution in [1.82, 2.24) is 9.97 Å². The molecule has 1 aliphatic carbocycles. The van der Waals surface area contributed by atoms with Crippen molar-refractivity contribution in [3.05, 3.63) is 21.7 Å². The van der Waals surface area contributed by atoms with Gasteiger partial charge in [-0.3, -0.25) is 4.79 Å². The summed E-state index contributed by atoms with van der Waals surface area (Å²) >= 11 is 0. The van der Waals surface area contributed by atoms with Crippen LogP contribution in [0.15, 0.2) is 4.79 Å². The van der Waals surface area contributed by atoms with Crippen LogP contribution in [0.5, 0.6) is 0 Å². The first-order chi connectivity index (χ1) is 7.13. The molecule has 15 heavy (non-hydrogen) atoms. The standard InChI is InChI=1S/C11H17N3O/c1-3-4-7-9(12)13-10(14-11(7)15)8-5-6(8)2/h6,8H,3-5H2,1-2H3,(H3,12,13,14,15). The Labute approximate surface area is 88.9 Å². The fourth-order valence-corrected chi connectivity index (χ4v) is 1.90. The second-order valence-electron chi connectivity index (χ2n) is 4.38. The quantitative estimate of drug-likeness (QED) is 0.787. The Balaban J connectivity index is 2.35. The van der Waals surface area contributed by atoms with Crippen LogP contribution < -0.4 is 11.3 Å². The third-order valence-electron chi connectivity index (χ3n) is 3.03. The molecule has 1 aliphatic rings. The summed E-state index contributed by atoms with van der Waals surface area (Å²) in [6.45, 7) is 4.18. The average Bonchev–Trinajstić information content (AvgIpc) is 2.89. The first-order valence-electron chi connectivity index (χ1n) is 5.52. The number of H-pyrrole nitrogens is 1. The van der Waals surface area contributed by atoms with Gasteiger partial charge in [-0.1, -0.05) is 20.3 Å². The number of aromatic amines is 1. The molecule has 4 nitrogen and oxygen atoms in total. The van der Waals surface area contributed by atoms with Crippen LogP contribution in [-0.2, 0) is 6.42 Å². The molecule has 1 saturated carbocycles. The lowest BCUT2D eigenvalue weighted by Crippen LogP contribution is -2.19. The predicted octanol–water partition coefficient (Wildman–Crippen LogP) is 1.43. The number of anilines is 1. The Hall–Kier alpha value is -1.32. The number of nitrogens with one attached hydrogen (secondary N) is 1. The van der Waals surface area contributed by atoms with Crippen LogP contribution in [0.3, 0.4) is 0 Å². The van der Waals surface area contributed by atoms with Crippen molar-refractivity contribution in [1.29, 1.82) is 0 Å². The minimum Gasteiger partial charge on any atom is -0.383 e. The van der Waals surface area contributed by atoms with Gasteiger partial charge in [-0.25, -0.2) is 4.98 Å². The van der Waals surface area contributed by atoms with Crippen molar-refractivity contribution >= 4 is 5.82 Å². The molecule has 4 heteroatoms. The molecule has 0 spiro atoms. The first-order valence-corrected chi connectivity index (χ1v) is 5.52. The number of hydrogen-bond donors (Lipinski definition) is 2. The third kappa shape index (κ3) is 1.89. The normalized spacial score (nSPS) is 24.1. The highest BCUT2D eigenvalue weighted by molar-refractivity contribution is 5.38. The summed E-state index contributed by atoms with van der Waals surface area (Å²) in [5, 5.41) is 0. The van der Waals surface area contributed by atoms with Crippen LogP contribution >= 0.6 is 0 Å². The Morgan fingerprint density at radius 2 is 2.27 bits per heavy atom. The van der Waals surface area contributed by atoms with Gasteiger partial charge in [0.2, 0.25) is 0 Å². The molecular weight excluding hydrogens is 190 g/mol. The Kier molecular flexibility index (Phi) is 2.50. The smallest absolute Gasteiger partial charge is 0.256 e. The summed E-state index contributed by atoms with van der Waals surface area (Å²) in [7, 11) is 0. The molecule has 2 atom stereocenters. The highest BCUT2D eigenvalue weighted by Crippen LogP contribution is 2.45. The molecule has 1 aromatic rings. The molecule has 3 N–H and O–H groups in total. The molecule has 0 aromatic carbocycles. The summed E-state index contributed by atoms with van der Waals surface area (Å²) in [6.07, 6.45) is 2.72. The van der Waals surface area contributed by atoms with E-state index in [-0.39, 0.29) is 5.56 Å².